The van der Waals surface area contributed by atoms with Crippen LogP contribution in [0.3, 0.4) is 0 Å². The Bertz CT molecular complexity index is 982. The monoisotopic (exact) mass is 376 g/mol. The zero-order valence-electron chi connectivity index (χ0n) is 15.4. The summed E-state index contributed by atoms with van der Waals surface area (Å²) in [6.07, 6.45) is 0. The summed E-state index contributed by atoms with van der Waals surface area (Å²) in [5, 5.41) is 0. The molecule has 0 bridgehead atoms. The standard InChI is InChI=1S/C22H20N2O2S/c1-14-4-13-19(27-14)22-23-20(15-5-9-17(25-2)10-6-15)21(24-22)16-7-11-18(26-3)12-8-16/h4-13H,1-3H3,(H,23,24). The number of methoxy groups -OCH3 is 2. The lowest BCUT2D eigenvalue weighted by atomic mass is 10.0. The lowest BCUT2D eigenvalue weighted by molar-refractivity contribution is 0.414. The maximum atomic E-state index is 5.28. The second kappa shape index (κ2) is 7.29. The molecule has 2 heterocycles. The molecule has 1 N–H and O–H groups in total. The third-order valence-corrected chi connectivity index (χ3v) is 5.43. The normalized spacial score (nSPS) is 10.8. The smallest absolute Gasteiger partial charge is 0.148 e. The fraction of sp³-hybridized carbons (Fsp3) is 0.136. The lowest BCUT2D eigenvalue weighted by Gasteiger charge is -2.06. The van der Waals surface area contributed by atoms with Crippen LogP contribution in [0.5, 0.6) is 11.5 Å². The summed E-state index contributed by atoms with van der Waals surface area (Å²) in [4.78, 5) is 10.8. The van der Waals surface area contributed by atoms with Gasteiger partial charge in [0.2, 0.25) is 0 Å². The van der Waals surface area contributed by atoms with E-state index >= 15 is 0 Å². The van der Waals surface area contributed by atoms with Gasteiger partial charge < -0.3 is 14.5 Å². The van der Waals surface area contributed by atoms with Crippen molar-refractivity contribution in [1.82, 2.24) is 9.97 Å². The van der Waals surface area contributed by atoms with Crippen LogP contribution >= 0.6 is 11.3 Å². The fourth-order valence-corrected chi connectivity index (χ4v) is 3.79. The number of aryl methyl sites for hydroxylation is 1. The van der Waals surface area contributed by atoms with Gasteiger partial charge in [0.05, 0.1) is 30.5 Å². The fourth-order valence-electron chi connectivity index (χ4n) is 2.98. The maximum Gasteiger partial charge on any atom is 0.148 e. The summed E-state index contributed by atoms with van der Waals surface area (Å²) in [6, 6.07) is 20.2. The van der Waals surface area contributed by atoms with Crippen molar-refractivity contribution in [3.8, 4) is 44.7 Å². The molecule has 0 amide bonds. The topological polar surface area (TPSA) is 47.1 Å². The maximum absolute atomic E-state index is 5.28. The SMILES string of the molecule is COc1ccc(-c2nc(-c3ccc(C)s3)[nH]c2-c2ccc(OC)cc2)cc1. The minimum atomic E-state index is 0.828. The highest BCUT2D eigenvalue weighted by Gasteiger charge is 2.16. The molecule has 0 saturated heterocycles. The number of nitrogens with zero attached hydrogens (tertiary/aromatic N) is 1. The number of imidazole rings is 1. The summed E-state index contributed by atoms with van der Waals surface area (Å²) >= 11 is 1.73. The molecule has 0 radical (unpaired) electrons. The van der Waals surface area contributed by atoms with Crippen LogP contribution in [-0.4, -0.2) is 24.2 Å². The van der Waals surface area contributed by atoms with E-state index in [0.717, 1.165) is 44.7 Å². The molecular formula is C22H20N2O2S. The summed E-state index contributed by atoms with van der Waals surface area (Å²) < 4.78 is 10.6. The first-order valence-electron chi connectivity index (χ1n) is 8.63. The average molecular weight is 376 g/mol. The highest BCUT2D eigenvalue weighted by molar-refractivity contribution is 7.15. The van der Waals surface area contributed by atoms with Crippen LogP contribution in [0.1, 0.15) is 4.88 Å². The Hall–Kier alpha value is -3.05. The van der Waals surface area contributed by atoms with Gasteiger partial charge in [0.15, 0.2) is 0 Å². The minimum Gasteiger partial charge on any atom is -0.497 e. The Morgan fingerprint density at radius 1 is 0.778 bits per heavy atom. The van der Waals surface area contributed by atoms with E-state index in [1.165, 1.54) is 4.88 Å². The zero-order valence-corrected chi connectivity index (χ0v) is 16.3. The molecule has 5 heteroatoms. The molecule has 0 atom stereocenters. The Labute approximate surface area is 162 Å². The van der Waals surface area contributed by atoms with Gasteiger partial charge in [-0.25, -0.2) is 4.98 Å². The second-order valence-corrected chi connectivity index (χ2v) is 7.46. The molecule has 0 spiro atoms. The summed E-state index contributed by atoms with van der Waals surface area (Å²) in [6.45, 7) is 2.10. The molecule has 136 valence electrons. The molecule has 0 aliphatic carbocycles. The van der Waals surface area contributed by atoms with Gasteiger partial charge in [0.1, 0.15) is 17.3 Å². The molecule has 4 rings (SSSR count). The molecule has 27 heavy (non-hydrogen) atoms. The van der Waals surface area contributed by atoms with E-state index in [1.807, 2.05) is 48.5 Å². The van der Waals surface area contributed by atoms with Crippen LogP contribution in [0.25, 0.3) is 33.2 Å². The summed E-state index contributed by atoms with van der Waals surface area (Å²) in [5.41, 5.74) is 4.01. The first-order chi connectivity index (χ1) is 13.2. The van der Waals surface area contributed by atoms with Crippen LogP contribution in [-0.2, 0) is 0 Å². The number of hydrogen-bond acceptors (Lipinski definition) is 4. The Morgan fingerprint density at radius 3 is 1.89 bits per heavy atom. The van der Waals surface area contributed by atoms with E-state index in [-0.39, 0.29) is 0 Å². The predicted molar refractivity (Wildman–Crippen MR) is 111 cm³/mol. The van der Waals surface area contributed by atoms with Crippen LogP contribution in [0.15, 0.2) is 60.7 Å². The highest BCUT2D eigenvalue weighted by atomic mass is 32.1. The summed E-state index contributed by atoms with van der Waals surface area (Å²) in [7, 11) is 3.34. The first kappa shape index (κ1) is 17.4. The first-order valence-corrected chi connectivity index (χ1v) is 9.45. The molecule has 2 aromatic carbocycles. The van der Waals surface area contributed by atoms with Crippen molar-refractivity contribution >= 4 is 11.3 Å². The zero-order chi connectivity index (χ0) is 18.8. The Morgan fingerprint density at radius 2 is 1.37 bits per heavy atom. The van der Waals surface area contributed by atoms with E-state index in [9.17, 15) is 0 Å². The van der Waals surface area contributed by atoms with E-state index in [2.05, 4.69) is 24.0 Å². The van der Waals surface area contributed by atoms with Gasteiger partial charge in [-0.15, -0.1) is 11.3 Å². The van der Waals surface area contributed by atoms with E-state index in [4.69, 9.17) is 14.5 Å². The largest absolute Gasteiger partial charge is 0.497 e. The number of ether oxygens (including phenoxy) is 2. The average Bonchev–Trinajstić information content (AvgIpc) is 3.34. The van der Waals surface area contributed by atoms with Gasteiger partial charge in [-0.05, 0) is 67.6 Å². The Kier molecular flexibility index (Phi) is 4.69. The van der Waals surface area contributed by atoms with Crippen LogP contribution in [0, 0.1) is 6.92 Å². The number of thiophene rings is 1. The Balaban J connectivity index is 1.84. The number of benzene rings is 2. The van der Waals surface area contributed by atoms with E-state index in [1.54, 1.807) is 25.6 Å². The van der Waals surface area contributed by atoms with Crippen molar-refractivity contribution < 1.29 is 9.47 Å². The molecule has 0 aliphatic heterocycles. The second-order valence-electron chi connectivity index (χ2n) is 6.18. The van der Waals surface area contributed by atoms with E-state index in [0.29, 0.717) is 0 Å². The van der Waals surface area contributed by atoms with Gasteiger partial charge >= 0.3 is 0 Å². The third kappa shape index (κ3) is 3.46. The van der Waals surface area contributed by atoms with Crippen molar-refractivity contribution in [2.45, 2.75) is 6.92 Å². The number of nitrogens with one attached hydrogen (secondary N) is 1. The van der Waals surface area contributed by atoms with Crippen molar-refractivity contribution in [3.63, 3.8) is 0 Å². The van der Waals surface area contributed by atoms with Gasteiger partial charge in [-0.2, -0.15) is 0 Å². The van der Waals surface area contributed by atoms with Gasteiger partial charge in [0.25, 0.3) is 0 Å². The van der Waals surface area contributed by atoms with Crippen LogP contribution < -0.4 is 9.47 Å². The van der Waals surface area contributed by atoms with Crippen LogP contribution in [0.2, 0.25) is 0 Å². The molecular weight excluding hydrogens is 356 g/mol. The lowest BCUT2D eigenvalue weighted by Crippen LogP contribution is -1.87. The highest BCUT2D eigenvalue weighted by Crippen LogP contribution is 2.36. The molecule has 0 unspecified atom stereocenters. The number of hydrogen-bond donors (Lipinski definition) is 1. The van der Waals surface area contributed by atoms with E-state index < -0.39 is 0 Å². The van der Waals surface area contributed by atoms with Gasteiger partial charge in [-0.1, -0.05) is 0 Å². The van der Waals surface area contributed by atoms with Crippen molar-refractivity contribution in [2.75, 3.05) is 14.2 Å². The number of aromatic nitrogens is 2. The quantitative estimate of drug-likeness (QED) is 0.479. The third-order valence-electron chi connectivity index (χ3n) is 4.42. The van der Waals surface area contributed by atoms with Crippen molar-refractivity contribution in [3.05, 3.63) is 65.5 Å². The molecule has 0 aliphatic rings. The van der Waals surface area contributed by atoms with Crippen molar-refractivity contribution in [2.24, 2.45) is 0 Å². The van der Waals surface area contributed by atoms with Crippen molar-refractivity contribution in [1.29, 1.82) is 0 Å². The van der Waals surface area contributed by atoms with Gasteiger partial charge in [0, 0.05) is 16.0 Å². The predicted octanol–water partition coefficient (Wildman–Crippen LogP) is 5.80. The molecule has 2 aromatic heterocycles. The molecule has 4 aromatic rings. The van der Waals surface area contributed by atoms with Crippen LogP contribution in [0.4, 0.5) is 0 Å². The number of aromatic amines is 1. The number of H-pyrrole nitrogens is 1. The molecule has 0 fully saturated rings. The van der Waals surface area contributed by atoms with Gasteiger partial charge in [-0.3, -0.25) is 0 Å². The molecule has 4 nitrogen and oxygen atoms in total. The molecule has 0 saturated carbocycles. The number of rotatable bonds is 5. The summed E-state index contributed by atoms with van der Waals surface area (Å²) in [5.74, 6) is 2.54. The minimum absolute atomic E-state index is 0.828.